The monoisotopic (exact) mass is 447 g/mol. The lowest BCUT2D eigenvalue weighted by Gasteiger charge is -2.33. The van der Waals surface area contributed by atoms with E-state index in [-0.39, 0.29) is 4.90 Å². The standard InChI is InChI=1S/C21H22FN3O3S2/c1-2-28-18-8-6-16(7-9-18)20-15-29-21(23-20)24-10-12-25(13-11-24)30(26,27)19-5-3-4-17(22)14-19/h3-9,14-15H,2,10-13H2,1H3. The van der Waals surface area contributed by atoms with Gasteiger partial charge >= 0.3 is 0 Å². The Kier molecular flexibility index (Phi) is 6.03. The molecule has 0 radical (unpaired) electrons. The lowest BCUT2D eigenvalue weighted by atomic mass is 10.2. The summed E-state index contributed by atoms with van der Waals surface area (Å²) in [7, 11) is -3.70. The van der Waals surface area contributed by atoms with Gasteiger partial charge in [0.1, 0.15) is 11.6 Å². The first-order valence-corrected chi connectivity index (χ1v) is 12.0. The molecule has 0 N–H and O–H groups in total. The van der Waals surface area contributed by atoms with Crippen LogP contribution in [0.1, 0.15) is 6.92 Å². The van der Waals surface area contributed by atoms with E-state index in [0.717, 1.165) is 28.2 Å². The Bertz CT molecular complexity index is 1110. The molecule has 4 rings (SSSR count). The molecule has 0 bridgehead atoms. The highest BCUT2D eigenvalue weighted by Crippen LogP contribution is 2.30. The fraction of sp³-hybridized carbons (Fsp3) is 0.286. The quantitative estimate of drug-likeness (QED) is 0.574. The summed E-state index contributed by atoms with van der Waals surface area (Å²) in [6.07, 6.45) is 0. The van der Waals surface area contributed by atoms with Gasteiger partial charge in [0.2, 0.25) is 10.0 Å². The van der Waals surface area contributed by atoms with Crippen molar-refractivity contribution in [3.63, 3.8) is 0 Å². The molecule has 1 aliphatic heterocycles. The highest BCUT2D eigenvalue weighted by molar-refractivity contribution is 7.89. The van der Waals surface area contributed by atoms with Crippen LogP contribution in [-0.2, 0) is 10.0 Å². The first kappa shape index (κ1) is 20.8. The molecular formula is C21H22FN3O3S2. The third-order valence-electron chi connectivity index (χ3n) is 4.90. The largest absolute Gasteiger partial charge is 0.494 e. The average molecular weight is 448 g/mol. The molecule has 0 saturated carbocycles. The Balaban J connectivity index is 1.42. The maximum atomic E-state index is 13.4. The van der Waals surface area contributed by atoms with E-state index in [1.54, 1.807) is 0 Å². The number of hydrogen-bond acceptors (Lipinski definition) is 6. The molecular weight excluding hydrogens is 425 g/mol. The predicted octanol–water partition coefficient (Wildman–Crippen LogP) is 3.86. The van der Waals surface area contributed by atoms with Crippen molar-refractivity contribution in [3.05, 3.63) is 59.7 Å². The van der Waals surface area contributed by atoms with E-state index < -0.39 is 15.8 Å². The van der Waals surface area contributed by atoms with E-state index in [4.69, 9.17) is 9.72 Å². The summed E-state index contributed by atoms with van der Waals surface area (Å²) in [4.78, 5) is 6.80. The molecule has 0 atom stereocenters. The summed E-state index contributed by atoms with van der Waals surface area (Å²) in [5.74, 6) is 0.270. The Morgan fingerprint density at radius 2 is 1.83 bits per heavy atom. The van der Waals surface area contributed by atoms with Crippen LogP contribution in [0.5, 0.6) is 5.75 Å². The molecule has 3 aromatic rings. The second kappa shape index (κ2) is 8.71. The van der Waals surface area contributed by atoms with Crippen LogP contribution in [0.4, 0.5) is 9.52 Å². The van der Waals surface area contributed by atoms with Gasteiger partial charge in [-0.3, -0.25) is 0 Å². The van der Waals surface area contributed by atoms with E-state index in [1.165, 1.54) is 33.8 Å². The van der Waals surface area contributed by atoms with Gasteiger partial charge in [0, 0.05) is 37.1 Å². The summed E-state index contributed by atoms with van der Waals surface area (Å²) in [5.41, 5.74) is 1.89. The highest BCUT2D eigenvalue weighted by Gasteiger charge is 2.29. The molecule has 1 saturated heterocycles. The minimum Gasteiger partial charge on any atom is -0.494 e. The summed E-state index contributed by atoms with van der Waals surface area (Å²) in [5, 5.41) is 2.86. The van der Waals surface area contributed by atoms with Crippen LogP contribution in [0.3, 0.4) is 0 Å². The van der Waals surface area contributed by atoms with E-state index >= 15 is 0 Å². The van der Waals surface area contributed by atoms with Gasteiger partial charge in [-0.1, -0.05) is 6.07 Å². The predicted molar refractivity (Wildman–Crippen MR) is 116 cm³/mol. The Morgan fingerprint density at radius 3 is 2.50 bits per heavy atom. The van der Waals surface area contributed by atoms with Crippen molar-refractivity contribution < 1.29 is 17.5 Å². The SMILES string of the molecule is CCOc1ccc(-c2csc(N3CCN(S(=O)(=O)c4cccc(F)c4)CC3)n2)cc1. The number of thiazole rings is 1. The molecule has 0 unspecified atom stereocenters. The van der Waals surface area contributed by atoms with Gasteiger partial charge < -0.3 is 9.64 Å². The Labute approximate surface area is 179 Å². The zero-order chi connectivity index (χ0) is 21.1. The third-order valence-corrected chi connectivity index (χ3v) is 7.69. The van der Waals surface area contributed by atoms with Crippen molar-refractivity contribution in [2.24, 2.45) is 0 Å². The number of hydrogen-bond donors (Lipinski definition) is 0. The summed E-state index contributed by atoms with van der Waals surface area (Å²) < 4.78 is 45.8. The normalized spacial score (nSPS) is 15.3. The second-order valence-electron chi connectivity index (χ2n) is 6.82. The van der Waals surface area contributed by atoms with Crippen molar-refractivity contribution >= 4 is 26.5 Å². The van der Waals surface area contributed by atoms with E-state index in [2.05, 4.69) is 4.90 Å². The van der Waals surface area contributed by atoms with Gasteiger partial charge in [-0.15, -0.1) is 11.3 Å². The summed E-state index contributed by atoms with van der Waals surface area (Å²) in [6.45, 7) is 4.30. The minimum atomic E-state index is -3.70. The molecule has 1 aromatic heterocycles. The van der Waals surface area contributed by atoms with Gasteiger partial charge in [-0.25, -0.2) is 17.8 Å². The van der Waals surface area contributed by atoms with Crippen LogP contribution in [0.15, 0.2) is 58.8 Å². The van der Waals surface area contributed by atoms with Gasteiger partial charge in [-0.05, 0) is 49.4 Å². The number of halogens is 1. The smallest absolute Gasteiger partial charge is 0.243 e. The molecule has 6 nitrogen and oxygen atoms in total. The van der Waals surface area contributed by atoms with Gasteiger partial charge in [0.25, 0.3) is 0 Å². The molecule has 0 aliphatic carbocycles. The van der Waals surface area contributed by atoms with E-state index in [1.807, 2.05) is 36.6 Å². The maximum Gasteiger partial charge on any atom is 0.243 e. The molecule has 0 spiro atoms. The number of ether oxygens (including phenoxy) is 1. The van der Waals surface area contributed by atoms with Gasteiger partial charge in [-0.2, -0.15) is 4.31 Å². The lowest BCUT2D eigenvalue weighted by molar-refractivity contribution is 0.340. The van der Waals surface area contributed by atoms with Crippen LogP contribution in [0, 0.1) is 5.82 Å². The van der Waals surface area contributed by atoms with Crippen LogP contribution < -0.4 is 9.64 Å². The molecule has 9 heteroatoms. The molecule has 2 aromatic carbocycles. The van der Waals surface area contributed by atoms with Crippen molar-refractivity contribution in [2.75, 3.05) is 37.7 Å². The number of sulfonamides is 1. The number of anilines is 1. The van der Waals surface area contributed by atoms with Crippen molar-refractivity contribution in [1.29, 1.82) is 0 Å². The number of nitrogens with zero attached hydrogens (tertiary/aromatic N) is 3. The number of rotatable bonds is 6. The molecule has 158 valence electrons. The van der Waals surface area contributed by atoms with E-state index in [9.17, 15) is 12.8 Å². The maximum absolute atomic E-state index is 13.4. The number of aromatic nitrogens is 1. The van der Waals surface area contributed by atoms with Crippen molar-refractivity contribution in [2.45, 2.75) is 11.8 Å². The van der Waals surface area contributed by atoms with Gasteiger partial charge in [0.15, 0.2) is 5.13 Å². The molecule has 1 aliphatic rings. The van der Waals surface area contributed by atoms with E-state index in [0.29, 0.717) is 32.8 Å². The van der Waals surface area contributed by atoms with Crippen LogP contribution >= 0.6 is 11.3 Å². The first-order valence-electron chi connectivity index (χ1n) is 9.67. The third kappa shape index (κ3) is 4.33. The molecule has 0 amide bonds. The average Bonchev–Trinajstić information content (AvgIpc) is 3.25. The highest BCUT2D eigenvalue weighted by atomic mass is 32.2. The van der Waals surface area contributed by atoms with Crippen molar-refractivity contribution in [3.8, 4) is 17.0 Å². The summed E-state index contributed by atoms with van der Waals surface area (Å²) in [6, 6.07) is 12.9. The van der Waals surface area contributed by atoms with Gasteiger partial charge in [0.05, 0.1) is 17.2 Å². The number of benzene rings is 2. The van der Waals surface area contributed by atoms with Crippen LogP contribution in [0.2, 0.25) is 0 Å². The van der Waals surface area contributed by atoms with Crippen LogP contribution in [-0.4, -0.2) is 50.5 Å². The topological polar surface area (TPSA) is 62.7 Å². The van der Waals surface area contributed by atoms with Crippen molar-refractivity contribution in [1.82, 2.24) is 9.29 Å². The molecule has 1 fully saturated rings. The molecule has 2 heterocycles. The minimum absolute atomic E-state index is 0.0111. The Hall–Kier alpha value is -2.49. The number of piperazine rings is 1. The Morgan fingerprint density at radius 1 is 1.10 bits per heavy atom. The zero-order valence-electron chi connectivity index (χ0n) is 16.5. The molecule has 30 heavy (non-hydrogen) atoms. The first-order chi connectivity index (χ1) is 14.5. The lowest BCUT2D eigenvalue weighted by Crippen LogP contribution is -2.48. The zero-order valence-corrected chi connectivity index (χ0v) is 18.1. The van der Waals surface area contributed by atoms with Crippen LogP contribution in [0.25, 0.3) is 11.3 Å². The second-order valence-corrected chi connectivity index (χ2v) is 9.60. The summed E-state index contributed by atoms with van der Waals surface area (Å²) >= 11 is 1.54. The fourth-order valence-electron chi connectivity index (χ4n) is 3.33. The fourth-order valence-corrected chi connectivity index (χ4v) is 5.67.